The van der Waals surface area contributed by atoms with E-state index >= 15 is 0 Å². The van der Waals surface area contributed by atoms with Gasteiger partial charge >= 0.3 is 11.8 Å². The number of aromatic nitrogens is 4. The van der Waals surface area contributed by atoms with E-state index in [0.29, 0.717) is 6.42 Å². The van der Waals surface area contributed by atoms with Crippen molar-refractivity contribution < 1.29 is 18.4 Å². The summed E-state index contributed by atoms with van der Waals surface area (Å²) in [7, 11) is 1.44. The van der Waals surface area contributed by atoms with Crippen molar-refractivity contribution in [1.82, 2.24) is 24.9 Å². The van der Waals surface area contributed by atoms with Crippen molar-refractivity contribution in [2.24, 2.45) is 7.05 Å². The van der Waals surface area contributed by atoms with Crippen molar-refractivity contribution in [3.63, 3.8) is 0 Å². The van der Waals surface area contributed by atoms with E-state index in [0.717, 1.165) is 16.1 Å². The van der Waals surface area contributed by atoms with Gasteiger partial charge in [0, 0.05) is 38.1 Å². The second kappa shape index (κ2) is 8.42. The molecule has 3 rings (SSSR count). The normalized spacial score (nSPS) is 10.9. The Morgan fingerprint density at radius 2 is 1.89 bits per heavy atom. The van der Waals surface area contributed by atoms with E-state index in [-0.39, 0.29) is 12.2 Å². The second-order valence-corrected chi connectivity index (χ2v) is 5.93. The fourth-order valence-electron chi connectivity index (χ4n) is 2.65. The number of carbonyl (C=O) groups excluding carboxylic acids is 2. The molecule has 2 amide bonds. The Morgan fingerprint density at radius 3 is 2.61 bits per heavy atom. The Hall–Kier alpha value is -3.56. The molecule has 0 aliphatic heterocycles. The first-order valence-electron chi connectivity index (χ1n) is 8.45. The van der Waals surface area contributed by atoms with Crippen LogP contribution in [0.15, 0.2) is 48.8 Å². The lowest BCUT2D eigenvalue weighted by molar-refractivity contribution is -0.136. The molecular formula is C18H18F2N6O2. The van der Waals surface area contributed by atoms with Crippen molar-refractivity contribution in [2.75, 3.05) is 11.9 Å². The number of nitrogens with one attached hydrogen (secondary N) is 2. The third-order valence-electron chi connectivity index (χ3n) is 3.91. The number of benzene rings is 1. The van der Waals surface area contributed by atoms with Crippen LogP contribution in [-0.2, 0) is 23.1 Å². The summed E-state index contributed by atoms with van der Waals surface area (Å²) in [5.41, 5.74) is 0.942. The van der Waals surface area contributed by atoms with Crippen LogP contribution in [0.1, 0.15) is 17.8 Å². The lowest BCUT2D eigenvalue weighted by Gasteiger charge is -2.09. The number of alkyl halides is 2. The highest BCUT2D eigenvalue weighted by Gasteiger charge is 2.22. The summed E-state index contributed by atoms with van der Waals surface area (Å²) < 4.78 is 28.7. The van der Waals surface area contributed by atoms with Crippen LogP contribution in [0.4, 0.5) is 14.5 Å². The molecule has 0 radical (unpaired) electrons. The molecule has 10 heteroatoms. The molecule has 0 saturated heterocycles. The first kappa shape index (κ1) is 19.2. The predicted octanol–water partition coefficient (Wildman–Crippen LogP) is 1.84. The van der Waals surface area contributed by atoms with E-state index in [2.05, 4.69) is 20.8 Å². The van der Waals surface area contributed by atoms with Gasteiger partial charge in [0.25, 0.3) is 6.43 Å². The number of nitrogens with zero attached hydrogens (tertiary/aromatic N) is 4. The summed E-state index contributed by atoms with van der Waals surface area (Å²) in [5, 5.41) is 12.4. The Labute approximate surface area is 159 Å². The van der Waals surface area contributed by atoms with Crippen molar-refractivity contribution >= 4 is 17.5 Å². The largest absolute Gasteiger partial charge is 0.347 e. The SMILES string of the molecule is Cn1cc(NC(=O)C(=O)NCCc2ccnn2-c2ccccc2)c(C(F)F)n1. The zero-order valence-electron chi connectivity index (χ0n) is 15.0. The van der Waals surface area contributed by atoms with Crippen LogP contribution in [0.25, 0.3) is 5.69 Å². The quantitative estimate of drug-likeness (QED) is 0.630. The van der Waals surface area contributed by atoms with Crippen LogP contribution in [0.2, 0.25) is 0 Å². The Kier molecular flexibility index (Phi) is 5.78. The highest BCUT2D eigenvalue weighted by molar-refractivity contribution is 6.39. The lowest BCUT2D eigenvalue weighted by Crippen LogP contribution is -2.36. The summed E-state index contributed by atoms with van der Waals surface area (Å²) in [5.74, 6) is -1.96. The molecule has 2 heterocycles. The molecule has 1 aromatic carbocycles. The molecule has 0 spiro atoms. The summed E-state index contributed by atoms with van der Waals surface area (Å²) in [6, 6.07) is 11.3. The summed E-state index contributed by atoms with van der Waals surface area (Å²) in [4.78, 5) is 23.9. The number of anilines is 1. The number of rotatable bonds is 6. The Morgan fingerprint density at radius 1 is 1.14 bits per heavy atom. The monoisotopic (exact) mass is 388 g/mol. The van der Waals surface area contributed by atoms with Crippen LogP contribution in [0.3, 0.4) is 0 Å². The molecule has 0 unspecified atom stereocenters. The van der Waals surface area contributed by atoms with E-state index in [4.69, 9.17) is 0 Å². The molecule has 2 N–H and O–H groups in total. The van der Waals surface area contributed by atoms with Crippen molar-refractivity contribution in [3.05, 3.63) is 60.2 Å². The molecule has 0 aliphatic rings. The summed E-state index contributed by atoms with van der Waals surface area (Å²) >= 11 is 0. The predicted molar refractivity (Wildman–Crippen MR) is 97.1 cm³/mol. The van der Waals surface area contributed by atoms with Gasteiger partial charge in [-0.3, -0.25) is 14.3 Å². The maximum absolute atomic E-state index is 12.9. The zero-order chi connectivity index (χ0) is 20.1. The van der Waals surface area contributed by atoms with E-state index in [1.807, 2.05) is 36.4 Å². The van der Waals surface area contributed by atoms with Crippen molar-refractivity contribution in [3.8, 4) is 5.69 Å². The van der Waals surface area contributed by atoms with Crippen LogP contribution in [0.5, 0.6) is 0 Å². The highest BCUT2D eigenvalue weighted by Crippen LogP contribution is 2.24. The van der Waals surface area contributed by atoms with E-state index in [1.165, 1.54) is 13.2 Å². The van der Waals surface area contributed by atoms with Gasteiger partial charge in [0.2, 0.25) is 0 Å². The highest BCUT2D eigenvalue weighted by atomic mass is 19.3. The third-order valence-corrected chi connectivity index (χ3v) is 3.91. The number of carbonyl (C=O) groups is 2. The molecule has 2 aromatic heterocycles. The van der Waals surface area contributed by atoms with Crippen LogP contribution in [-0.4, -0.2) is 37.9 Å². The second-order valence-electron chi connectivity index (χ2n) is 5.93. The van der Waals surface area contributed by atoms with Crippen LogP contribution < -0.4 is 10.6 Å². The third kappa shape index (κ3) is 4.40. The first-order valence-corrected chi connectivity index (χ1v) is 8.45. The van der Waals surface area contributed by atoms with Crippen molar-refractivity contribution in [2.45, 2.75) is 12.8 Å². The number of hydrogen-bond donors (Lipinski definition) is 2. The molecule has 0 aliphatic carbocycles. The van der Waals surface area contributed by atoms with Gasteiger partial charge in [-0.25, -0.2) is 13.5 Å². The fraction of sp³-hybridized carbons (Fsp3) is 0.222. The van der Waals surface area contributed by atoms with Gasteiger partial charge < -0.3 is 10.6 Å². The molecule has 146 valence electrons. The Bertz CT molecular complexity index is 968. The lowest BCUT2D eigenvalue weighted by atomic mass is 10.2. The van der Waals surface area contributed by atoms with Gasteiger partial charge in [-0.15, -0.1) is 0 Å². The van der Waals surface area contributed by atoms with Gasteiger partial charge in [0.15, 0.2) is 5.69 Å². The van der Waals surface area contributed by atoms with Gasteiger partial charge in [0.1, 0.15) is 0 Å². The average molecular weight is 388 g/mol. The molecule has 0 fully saturated rings. The Balaban J connectivity index is 1.55. The number of para-hydroxylation sites is 1. The van der Waals surface area contributed by atoms with E-state index in [9.17, 15) is 18.4 Å². The molecular weight excluding hydrogens is 370 g/mol. The molecule has 8 nitrogen and oxygen atoms in total. The summed E-state index contributed by atoms with van der Waals surface area (Å²) in [6.45, 7) is 0.180. The molecule has 0 bridgehead atoms. The molecule has 0 saturated carbocycles. The number of amides is 2. The van der Waals surface area contributed by atoms with Crippen LogP contribution >= 0.6 is 0 Å². The first-order chi connectivity index (χ1) is 13.5. The van der Waals surface area contributed by atoms with E-state index < -0.39 is 23.9 Å². The van der Waals surface area contributed by atoms with Crippen molar-refractivity contribution in [1.29, 1.82) is 0 Å². The van der Waals surface area contributed by atoms with Gasteiger partial charge in [0.05, 0.1) is 11.4 Å². The van der Waals surface area contributed by atoms with Crippen LogP contribution in [0, 0.1) is 0 Å². The number of halogens is 2. The van der Waals surface area contributed by atoms with Gasteiger partial charge in [-0.1, -0.05) is 18.2 Å². The number of hydrogen-bond acceptors (Lipinski definition) is 4. The zero-order valence-corrected chi connectivity index (χ0v) is 15.0. The van der Waals surface area contributed by atoms with E-state index in [1.54, 1.807) is 10.9 Å². The topological polar surface area (TPSA) is 93.8 Å². The molecule has 3 aromatic rings. The molecule has 0 atom stereocenters. The smallest absolute Gasteiger partial charge is 0.313 e. The standard InChI is InChI=1S/C18H18F2N6O2/c1-25-11-14(15(24-25)16(19)20)23-18(28)17(27)21-9-7-13-8-10-22-26(13)12-5-3-2-4-6-12/h2-6,8,10-11,16H,7,9H2,1H3,(H,21,27)(H,23,28). The molecule has 28 heavy (non-hydrogen) atoms. The van der Waals surface area contributed by atoms with Gasteiger partial charge in [-0.05, 0) is 18.2 Å². The number of aryl methyl sites for hydroxylation is 1. The summed E-state index contributed by atoms with van der Waals surface area (Å²) in [6.07, 6.45) is 0.428. The minimum Gasteiger partial charge on any atom is -0.347 e. The van der Waals surface area contributed by atoms with Gasteiger partial charge in [-0.2, -0.15) is 10.2 Å². The maximum atomic E-state index is 12.9. The average Bonchev–Trinajstić information content (AvgIpc) is 3.28. The minimum atomic E-state index is -2.86. The fourth-order valence-corrected chi connectivity index (χ4v) is 2.65. The maximum Gasteiger partial charge on any atom is 0.313 e. The minimum absolute atomic E-state index is 0.180.